The van der Waals surface area contributed by atoms with Crippen molar-refractivity contribution in [3.05, 3.63) is 73.5 Å². The van der Waals surface area contributed by atoms with Crippen LogP contribution in [0, 0.1) is 11.3 Å². The number of phenolic OH excluding ortho intramolecular Hbond substituents is 1. The SMILES string of the molecule is CN1CCCN(C(=O)c2cc(Cl)cc(-c3cc(-c4cc(C(F)(F)F)ccc4Cl)c(C#N)c(=O)[nH]3)c2O)CC1. The van der Waals surface area contributed by atoms with Crippen molar-refractivity contribution in [2.24, 2.45) is 0 Å². The fraction of sp³-hybridized carbons (Fsp3) is 0.269. The van der Waals surface area contributed by atoms with E-state index in [-0.39, 0.29) is 38.0 Å². The maximum absolute atomic E-state index is 13.4. The molecular formula is C26H21Cl2F3N4O3. The average molecular weight is 565 g/mol. The van der Waals surface area contributed by atoms with Crippen molar-refractivity contribution >= 4 is 29.1 Å². The average Bonchev–Trinajstić information content (AvgIpc) is 3.08. The van der Waals surface area contributed by atoms with Crippen LogP contribution in [0.5, 0.6) is 5.75 Å². The Morgan fingerprint density at radius 1 is 1.05 bits per heavy atom. The Morgan fingerprint density at radius 2 is 1.79 bits per heavy atom. The van der Waals surface area contributed by atoms with Crippen molar-refractivity contribution in [2.75, 3.05) is 33.2 Å². The molecule has 38 heavy (non-hydrogen) atoms. The van der Waals surface area contributed by atoms with Crippen molar-refractivity contribution < 1.29 is 23.1 Å². The van der Waals surface area contributed by atoms with E-state index >= 15 is 0 Å². The summed E-state index contributed by atoms with van der Waals surface area (Å²) in [6, 6.07) is 8.08. The minimum absolute atomic E-state index is 0.0428. The molecule has 0 radical (unpaired) electrons. The van der Waals surface area contributed by atoms with E-state index in [1.807, 2.05) is 7.05 Å². The molecule has 1 saturated heterocycles. The van der Waals surface area contributed by atoms with E-state index in [1.54, 1.807) is 11.0 Å². The van der Waals surface area contributed by atoms with Gasteiger partial charge in [-0.2, -0.15) is 18.4 Å². The summed E-state index contributed by atoms with van der Waals surface area (Å²) in [5.74, 6) is -0.933. The van der Waals surface area contributed by atoms with Gasteiger partial charge < -0.3 is 19.9 Å². The molecule has 0 bridgehead atoms. The van der Waals surface area contributed by atoms with Crippen molar-refractivity contribution in [1.82, 2.24) is 14.8 Å². The summed E-state index contributed by atoms with van der Waals surface area (Å²) in [6.45, 7) is 2.35. The Kier molecular flexibility index (Phi) is 7.74. The number of halogens is 5. The Labute approximate surface area is 225 Å². The molecule has 3 aromatic rings. The summed E-state index contributed by atoms with van der Waals surface area (Å²) < 4.78 is 40.1. The summed E-state index contributed by atoms with van der Waals surface area (Å²) >= 11 is 12.5. The lowest BCUT2D eigenvalue weighted by Gasteiger charge is -2.22. The first kappa shape index (κ1) is 27.5. The van der Waals surface area contributed by atoms with Crippen LogP contribution in [0.3, 0.4) is 0 Å². The molecule has 0 unspecified atom stereocenters. The quantitative estimate of drug-likeness (QED) is 0.444. The number of aromatic amines is 1. The van der Waals surface area contributed by atoms with Crippen molar-refractivity contribution in [2.45, 2.75) is 12.6 Å². The third kappa shape index (κ3) is 5.50. The largest absolute Gasteiger partial charge is 0.506 e. The molecule has 2 aromatic carbocycles. The predicted octanol–water partition coefficient (Wildman–Crippen LogP) is 5.39. The number of nitrogens with zero attached hydrogens (tertiary/aromatic N) is 3. The van der Waals surface area contributed by atoms with E-state index in [9.17, 15) is 33.1 Å². The Balaban J connectivity index is 1.87. The second-order valence-electron chi connectivity index (χ2n) is 8.90. The fourth-order valence-electron chi connectivity index (χ4n) is 4.32. The Morgan fingerprint density at radius 3 is 2.47 bits per heavy atom. The number of amides is 1. The molecule has 1 amide bonds. The monoisotopic (exact) mass is 564 g/mol. The van der Waals surface area contributed by atoms with Gasteiger partial charge in [-0.25, -0.2) is 0 Å². The lowest BCUT2D eigenvalue weighted by molar-refractivity contribution is -0.137. The number of hydrogen-bond donors (Lipinski definition) is 2. The highest BCUT2D eigenvalue weighted by Crippen LogP contribution is 2.40. The summed E-state index contributed by atoms with van der Waals surface area (Å²) in [7, 11) is 1.94. The van der Waals surface area contributed by atoms with Crippen molar-refractivity contribution in [3.63, 3.8) is 0 Å². The number of nitrogens with one attached hydrogen (secondary N) is 1. The Bertz CT molecular complexity index is 1520. The van der Waals surface area contributed by atoms with Crippen LogP contribution in [-0.2, 0) is 6.18 Å². The molecule has 0 saturated carbocycles. The highest BCUT2D eigenvalue weighted by atomic mass is 35.5. The number of nitriles is 1. The van der Waals surface area contributed by atoms with Gasteiger partial charge in [0.15, 0.2) is 0 Å². The first-order valence-corrected chi connectivity index (χ1v) is 12.2. The lowest BCUT2D eigenvalue weighted by Crippen LogP contribution is -2.34. The number of likely N-dealkylation sites (N-methyl/N-ethyl adjacent to an activating group) is 1. The van der Waals surface area contributed by atoms with Gasteiger partial charge in [-0.3, -0.25) is 9.59 Å². The molecule has 1 aliphatic heterocycles. The zero-order valence-corrected chi connectivity index (χ0v) is 21.5. The second-order valence-corrected chi connectivity index (χ2v) is 9.75. The van der Waals surface area contributed by atoms with Gasteiger partial charge in [0.1, 0.15) is 17.4 Å². The standard InChI is InChI=1S/C26H21Cl2F3N4O3/c1-34-5-2-6-35(8-7-34)25(38)19-11-15(27)10-18(23(19)36)22-12-16(20(13-32)24(37)33-22)17-9-14(26(29,30)31)3-4-21(17)28/h3-4,9-12,36H,2,5-8H2,1H3,(H,33,37). The van der Waals surface area contributed by atoms with Crippen LogP contribution >= 0.6 is 23.2 Å². The number of phenols is 1. The number of carbonyl (C=O) groups is 1. The van der Waals surface area contributed by atoms with E-state index in [0.29, 0.717) is 19.6 Å². The van der Waals surface area contributed by atoms with Crippen LogP contribution in [0.15, 0.2) is 41.2 Å². The highest BCUT2D eigenvalue weighted by Gasteiger charge is 2.32. The second kappa shape index (κ2) is 10.7. The van der Waals surface area contributed by atoms with E-state index in [1.165, 1.54) is 18.2 Å². The summed E-state index contributed by atoms with van der Waals surface area (Å²) in [5.41, 5.74) is -2.99. The number of hydrogen-bond acceptors (Lipinski definition) is 5. The first-order chi connectivity index (χ1) is 17.9. The lowest BCUT2D eigenvalue weighted by atomic mass is 9.96. The van der Waals surface area contributed by atoms with Crippen LogP contribution in [0.25, 0.3) is 22.4 Å². The molecule has 198 valence electrons. The van der Waals surface area contributed by atoms with Gasteiger partial charge in [-0.05, 0) is 56.4 Å². The number of rotatable bonds is 3. The van der Waals surface area contributed by atoms with Gasteiger partial charge in [0.05, 0.1) is 16.8 Å². The number of H-pyrrole nitrogens is 1. The summed E-state index contributed by atoms with van der Waals surface area (Å²) in [5, 5.41) is 20.6. The number of carbonyl (C=O) groups excluding carboxylic acids is 1. The van der Waals surface area contributed by atoms with E-state index in [0.717, 1.165) is 31.2 Å². The predicted molar refractivity (Wildman–Crippen MR) is 137 cm³/mol. The number of aromatic nitrogens is 1. The van der Waals surface area contributed by atoms with Gasteiger partial charge in [-0.1, -0.05) is 23.2 Å². The molecular weight excluding hydrogens is 544 g/mol. The molecule has 0 aliphatic carbocycles. The number of alkyl halides is 3. The van der Waals surface area contributed by atoms with Gasteiger partial charge in [0, 0.05) is 46.4 Å². The van der Waals surface area contributed by atoms with E-state index in [4.69, 9.17) is 23.2 Å². The van der Waals surface area contributed by atoms with E-state index in [2.05, 4.69) is 9.88 Å². The van der Waals surface area contributed by atoms with Crippen LogP contribution in [-0.4, -0.2) is 59.0 Å². The van der Waals surface area contributed by atoms with Gasteiger partial charge in [-0.15, -0.1) is 0 Å². The molecule has 7 nitrogen and oxygen atoms in total. The molecule has 0 atom stereocenters. The summed E-state index contributed by atoms with van der Waals surface area (Å²) in [4.78, 5) is 32.2. The molecule has 12 heteroatoms. The topological polar surface area (TPSA) is 100 Å². The molecule has 1 fully saturated rings. The molecule has 0 spiro atoms. The molecule has 1 aromatic heterocycles. The number of aromatic hydroxyl groups is 1. The molecule has 1 aliphatic rings. The zero-order valence-electron chi connectivity index (χ0n) is 20.0. The molecule has 2 heterocycles. The zero-order chi connectivity index (χ0) is 27.8. The maximum atomic E-state index is 13.4. The van der Waals surface area contributed by atoms with Gasteiger partial charge in [0.25, 0.3) is 11.5 Å². The minimum Gasteiger partial charge on any atom is -0.506 e. The van der Waals surface area contributed by atoms with Crippen LogP contribution in [0.2, 0.25) is 10.0 Å². The molecule has 2 N–H and O–H groups in total. The third-order valence-corrected chi connectivity index (χ3v) is 6.88. The Hall–Kier alpha value is -3.52. The smallest absolute Gasteiger partial charge is 0.416 e. The van der Waals surface area contributed by atoms with Crippen molar-refractivity contribution in [1.29, 1.82) is 5.26 Å². The van der Waals surface area contributed by atoms with Crippen LogP contribution < -0.4 is 5.56 Å². The normalized spacial score (nSPS) is 14.7. The van der Waals surface area contributed by atoms with Crippen molar-refractivity contribution in [3.8, 4) is 34.2 Å². The third-order valence-electron chi connectivity index (χ3n) is 6.33. The first-order valence-electron chi connectivity index (χ1n) is 11.5. The number of pyridine rings is 1. The molecule has 4 rings (SSSR count). The van der Waals surface area contributed by atoms with Crippen LogP contribution in [0.1, 0.15) is 27.9 Å². The van der Waals surface area contributed by atoms with Gasteiger partial charge in [0.2, 0.25) is 0 Å². The van der Waals surface area contributed by atoms with Crippen LogP contribution in [0.4, 0.5) is 13.2 Å². The van der Waals surface area contributed by atoms with E-state index < -0.39 is 34.5 Å². The maximum Gasteiger partial charge on any atom is 0.416 e. The fourth-order valence-corrected chi connectivity index (χ4v) is 4.76. The highest BCUT2D eigenvalue weighted by molar-refractivity contribution is 6.33. The summed E-state index contributed by atoms with van der Waals surface area (Å²) in [6.07, 6.45) is -3.96. The number of benzene rings is 2. The minimum atomic E-state index is -4.70. The van der Waals surface area contributed by atoms with Gasteiger partial charge >= 0.3 is 6.18 Å².